The van der Waals surface area contributed by atoms with Crippen molar-refractivity contribution in [2.75, 3.05) is 6.54 Å². The van der Waals surface area contributed by atoms with Crippen LogP contribution in [0.25, 0.3) is 0 Å². The van der Waals surface area contributed by atoms with Gasteiger partial charge in [0.1, 0.15) is 5.82 Å². The summed E-state index contributed by atoms with van der Waals surface area (Å²) in [5.41, 5.74) is 4.89. The Kier molecular flexibility index (Phi) is 4.27. The van der Waals surface area contributed by atoms with Crippen molar-refractivity contribution in [2.24, 2.45) is 0 Å². The van der Waals surface area contributed by atoms with Gasteiger partial charge in [-0.15, -0.1) is 0 Å². The summed E-state index contributed by atoms with van der Waals surface area (Å²) >= 11 is 0. The quantitative estimate of drug-likeness (QED) is 0.912. The van der Waals surface area contributed by atoms with E-state index in [0.717, 1.165) is 18.1 Å². The summed E-state index contributed by atoms with van der Waals surface area (Å²) in [7, 11) is 0. The Morgan fingerprint density at radius 3 is 2.58 bits per heavy atom. The standard InChI is InChI=1S/C16H21N3/c1-5-17-16(15-8-9-18-13(4)19-15)14-7-6-11(2)10-12(14)3/h6-10,16-17H,5H2,1-4H3. The molecule has 1 atom stereocenters. The number of aromatic nitrogens is 2. The molecule has 0 fully saturated rings. The molecular weight excluding hydrogens is 234 g/mol. The molecule has 0 radical (unpaired) electrons. The third-order valence-electron chi connectivity index (χ3n) is 3.24. The first-order valence-corrected chi connectivity index (χ1v) is 6.72. The molecule has 0 aliphatic carbocycles. The second-order valence-electron chi connectivity index (χ2n) is 4.88. The fourth-order valence-electron chi connectivity index (χ4n) is 2.36. The predicted molar refractivity (Wildman–Crippen MR) is 78.2 cm³/mol. The smallest absolute Gasteiger partial charge is 0.125 e. The minimum atomic E-state index is 0.132. The van der Waals surface area contributed by atoms with Crippen LogP contribution in [-0.2, 0) is 0 Å². The van der Waals surface area contributed by atoms with E-state index in [0.29, 0.717) is 0 Å². The molecule has 0 spiro atoms. The summed E-state index contributed by atoms with van der Waals surface area (Å²) in [6.45, 7) is 9.22. The Labute approximate surface area is 115 Å². The number of aryl methyl sites for hydroxylation is 3. The average Bonchev–Trinajstić information content (AvgIpc) is 2.37. The highest BCUT2D eigenvalue weighted by Gasteiger charge is 2.16. The highest BCUT2D eigenvalue weighted by Crippen LogP contribution is 2.24. The maximum Gasteiger partial charge on any atom is 0.125 e. The molecule has 0 amide bonds. The molecular formula is C16H21N3. The fourth-order valence-corrected chi connectivity index (χ4v) is 2.36. The van der Waals surface area contributed by atoms with E-state index in [4.69, 9.17) is 0 Å². The Balaban J connectivity index is 2.45. The van der Waals surface area contributed by atoms with Crippen molar-refractivity contribution in [3.8, 4) is 0 Å². The first-order valence-electron chi connectivity index (χ1n) is 6.72. The number of hydrogen-bond acceptors (Lipinski definition) is 3. The van der Waals surface area contributed by atoms with Gasteiger partial charge in [-0.2, -0.15) is 0 Å². The highest BCUT2D eigenvalue weighted by atomic mass is 15.0. The zero-order chi connectivity index (χ0) is 13.8. The minimum Gasteiger partial charge on any atom is -0.305 e. The van der Waals surface area contributed by atoms with Crippen molar-refractivity contribution in [1.29, 1.82) is 0 Å². The lowest BCUT2D eigenvalue weighted by atomic mass is 9.97. The zero-order valence-corrected chi connectivity index (χ0v) is 12.1. The minimum absolute atomic E-state index is 0.132. The maximum absolute atomic E-state index is 4.56. The summed E-state index contributed by atoms with van der Waals surface area (Å²) < 4.78 is 0. The molecule has 0 bridgehead atoms. The molecule has 1 heterocycles. The summed E-state index contributed by atoms with van der Waals surface area (Å²) in [5, 5.41) is 3.51. The normalized spacial score (nSPS) is 12.4. The van der Waals surface area contributed by atoms with E-state index in [-0.39, 0.29) is 6.04 Å². The number of nitrogens with zero attached hydrogens (tertiary/aromatic N) is 2. The Morgan fingerprint density at radius 1 is 1.16 bits per heavy atom. The molecule has 3 nitrogen and oxygen atoms in total. The molecule has 2 rings (SSSR count). The van der Waals surface area contributed by atoms with Crippen LogP contribution in [0, 0.1) is 20.8 Å². The summed E-state index contributed by atoms with van der Waals surface area (Å²) in [4.78, 5) is 8.73. The third kappa shape index (κ3) is 3.18. The molecule has 0 saturated heterocycles. The second-order valence-corrected chi connectivity index (χ2v) is 4.88. The second kappa shape index (κ2) is 5.93. The zero-order valence-electron chi connectivity index (χ0n) is 12.1. The molecule has 0 saturated carbocycles. The third-order valence-corrected chi connectivity index (χ3v) is 3.24. The molecule has 1 aromatic heterocycles. The van der Waals surface area contributed by atoms with E-state index in [9.17, 15) is 0 Å². The van der Waals surface area contributed by atoms with Gasteiger partial charge in [-0.25, -0.2) is 9.97 Å². The molecule has 19 heavy (non-hydrogen) atoms. The van der Waals surface area contributed by atoms with Gasteiger partial charge in [-0.1, -0.05) is 30.7 Å². The largest absolute Gasteiger partial charge is 0.305 e. The topological polar surface area (TPSA) is 37.8 Å². The molecule has 3 heteroatoms. The van der Waals surface area contributed by atoms with Crippen LogP contribution in [0.3, 0.4) is 0 Å². The van der Waals surface area contributed by atoms with Crippen molar-refractivity contribution >= 4 is 0 Å². The van der Waals surface area contributed by atoms with E-state index in [2.05, 4.69) is 54.3 Å². The van der Waals surface area contributed by atoms with Crippen LogP contribution >= 0.6 is 0 Å². The van der Waals surface area contributed by atoms with Crippen LogP contribution in [0.2, 0.25) is 0 Å². The molecule has 1 unspecified atom stereocenters. The lowest BCUT2D eigenvalue weighted by Crippen LogP contribution is -2.24. The van der Waals surface area contributed by atoms with Crippen molar-refractivity contribution in [3.63, 3.8) is 0 Å². The van der Waals surface area contributed by atoms with Gasteiger partial charge in [-0.05, 0) is 44.5 Å². The fraction of sp³-hybridized carbons (Fsp3) is 0.375. The van der Waals surface area contributed by atoms with Crippen molar-refractivity contribution in [1.82, 2.24) is 15.3 Å². The molecule has 0 aliphatic heterocycles. The molecule has 2 aromatic rings. The van der Waals surface area contributed by atoms with Gasteiger partial charge in [0.2, 0.25) is 0 Å². The van der Waals surface area contributed by atoms with Gasteiger partial charge in [0.25, 0.3) is 0 Å². The lowest BCUT2D eigenvalue weighted by molar-refractivity contribution is 0.608. The maximum atomic E-state index is 4.56. The van der Waals surface area contributed by atoms with E-state index in [1.807, 2.05) is 19.2 Å². The SMILES string of the molecule is CCNC(c1ccnc(C)n1)c1ccc(C)cc1C. The molecule has 100 valence electrons. The Bertz CT molecular complexity index is 564. The van der Waals surface area contributed by atoms with E-state index < -0.39 is 0 Å². The van der Waals surface area contributed by atoms with E-state index >= 15 is 0 Å². The predicted octanol–water partition coefficient (Wildman–Crippen LogP) is 3.10. The number of nitrogens with one attached hydrogen (secondary N) is 1. The van der Waals surface area contributed by atoms with Crippen LogP contribution in [0.1, 0.15) is 41.2 Å². The molecule has 1 aromatic carbocycles. The van der Waals surface area contributed by atoms with Gasteiger partial charge in [0, 0.05) is 6.20 Å². The van der Waals surface area contributed by atoms with Crippen molar-refractivity contribution in [2.45, 2.75) is 33.7 Å². The average molecular weight is 255 g/mol. The lowest BCUT2D eigenvalue weighted by Gasteiger charge is -2.20. The van der Waals surface area contributed by atoms with Crippen LogP contribution < -0.4 is 5.32 Å². The van der Waals surface area contributed by atoms with E-state index in [1.54, 1.807) is 0 Å². The van der Waals surface area contributed by atoms with Gasteiger partial charge in [0.05, 0.1) is 11.7 Å². The number of hydrogen-bond donors (Lipinski definition) is 1. The highest BCUT2D eigenvalue weighted by molar-refractivity contribution is 5.36. The number of rotatable bonds is 4. The monoisotopic (exact) mass is 255 g/mol. The van der Waals surface area contributed by atoms with Crippen LogP contribution in [0.15, 0.2) is 30.5 Å². The van der Waals surface area contributed by atoms with Crippen molar-refractivity contribution in [3.05, 3.63) is 58.7 Å². The molecule has 0 aliphatic rings. The van der Waals surface area contributed by atoms with Crippen LogP contribution in [0.5, 0.6) is 0 Å². The van der Waals surface area contributed by atoms with Crippen molar-refractivity contribution < 1.29 is 0 Å². The van der Waals surface area contributed by atoms with Crippen LogP contribution in [-0.4, -0.2) is 16.5 Å². The Hall–Kier alpha value is -1.74. The van der Waals surface area contributed by atoms with Crippen LogP contribution in [0.4, 0.5) is 0 Å². The van der Waals surface area contributed by atoms with E-state index in [1.165, 1.54) is 16.7 Å². The first kappa shape index (κ1) is 13.7. The first-order chi connectivity index (χ1) is 9.11. The van der Waals surface area contributed by atoms with Gasteiger partial charge < -0.3 is 5.32 Å². The van der Waals surface area contributed by atoms with Gasteiger partial charge in [-0.3, -0.25) is 0 Å². The summed E-state index contributed by atoms with van der Waals surface area (Å²) in [5.74, 6) is 0.810. The van der Waals surface area contributed by atoms with Gasteiger partial charge >= 0.3 is 0 Å². The number of benzene rings is 1. The Morgan fingerprint density at radius 2 is 1.95 bits per heavy atom. The summed E-state index contributed by atoms with van der Waals surface area (Å²) in [6.07, 6.45) is 1.82. The summed E-state index contributed by atoms with van der Waals surface area (Å²) in [6, 6.07) is 8.68. The van der Waals surface area contributed by atoms with Gasteiger partial charge in [0.15, 0.2) is 0 Å². The molecule has 1 N–H and O–H groups in total.